The molecule has 2 rings (SSSR count). The molecule has 0 radical (unpaired) electrons. The van der Waals surface area contributed by atoms with Gasteiger partial charge in [0.1, 0.15) is 6.61 Å². The van der Waals surface area contributed by atoms with Crippen LogP contribution in [0.25, 0.3) is 0 Å². The molecule has 0 aliphatic carbocycles. The summed E-state index contributed by atoms with van der Waals surface area (Å²) in [5, 5.41) is 9.76. The molecule has 0 bridgehead atoms. The standard InChI is InChI=1S/C11H12O4/c12-9(10-7-14-11(13)15-10)6-8-4-2-1-3-5-8/h1-5,9-10,12H,6-7H2/t9-,10-/m0/s1. The predicted octanol–water partition coefficient (Wildman–Crippen LogP) is 1.13. The van der Waals surface area contributed by atoms with Gasteiger partial charge < -0.3 is 14.6 Å². The van der Waals surface area contributed by atoms with Gasteiger partial charge in [0.15, 0.2) is 6.10 Å². The second-order valence-corrected chi connectivity index (χ2v) is 3.47. The largest absolute Gasteiger partial charge is 0.508 e. The van der Waals surface area contributed by atoms with Crippen LogP contribution in [0.15, 0.2) is 30.3 Å². The van der Waals surface area contributed by atoms with Crippen molar-refractivity contribution in [1.82, 2.24) is 0 Å². The second kappa shape index (κ2) is 4.31. The molecule has 4 heteroatoms. The molecule has 1 aliphatic heterocycles. The van der Waals surface area contributed by atoms with Gasteiger partial charge in [-0.15, -0.1) is 0 Å². The molecule has 1 aliphatic rings. The summed E-state index contributed by atoms with van der Waals surface area (Å²) in [6.07, 6.45) is -1.49. The number of benzene rings is 1. The highest BCUT2D eigenvalue weighted by Gasteiger charge is 2.31. The Morgan fingerprint density at radius 1 is 1.40 bits per heavy atom. The lowest BCUT2D eigenvalue weighted by Gasteiger charge is -2.14. The molecule has 1 N–H and O–H groups in total. The maximum atomic E-state index is 10.7. The Kier molecular flexibility index (Phi) is 2.87. The molecule has 1 fully saturated rings. The number of hydrogen-bond donors (Lipinski definition) is 1. The number of aliphatic hydroxyl groups excluding tert-OH is 1. The molecule has 1 saturated heterocycles. The van der Waals surface area contributed by atoms with Gasteiger partial charge in [-0.1, -0.05) is 30.3 Å². The third-order valence-electron chi connectivity index (χ3n) is 2.33. The van der Waals surface area contributed by atoms with Gasteiger partial charge in [-0.2, -0.15) is 0 Å². The highest BCUT2D eigenvalue weighted by atomic mass is 16.8. The summed E-state index contributed by atoms with van der Waals surface area (Å²) in [4.78, 5) is 10.7. The van der Waals surface area contributed by atoms with Crippen LogP contribution in [0.2, 0.25) is 0 Å². The topological polar surface area (TPSA) is 55.8 Å². The van der Waals surface area contributed by atoms with Crippen molar-refractivity contribution in [2.75, 3.05) is 6.61 Å². The first kappa shape index (κ1) is 9.98. The fourth-order valence-corrected chi connectivity index (χ4v) is 1.52. The number of carbonyl (C=O) groups excluding carboxylic acids is 1. The Hall–Kier alpha value is -1.55. The van der Waals surface area contributed by atoms with Crippen LogP contribution in [0, 0.1) is 0 Å². The molecule has 0 aromatic heterocycles. The van der Waals surface area contributed by atoms with Crippen LogP contribution in [0.3, 0.4) is 0 Å². The van der Waals surface area contributed by atoms with Crippen molar-refractivity contribution in [3.05, 3.63) is 35.9 Å². The minimum atomic E-state index is -0.709. The fraction of sp³-hybridized carbons (Fsp3) is 0.364. The molecule has 1 aromatic rings. The van der Waals surface area contributed by atoms with Gasteiger partial charge in [-0.05, 0) is 5.56 Å². The molecule has 15 heavy (non-hydrogen) atoms. The van der Waals surface area contributed by atoms with E-state index in [1.807, 2.05) is 30.3 Å². The minimum Gasteiger partial charge on any atom is -0.430 e. The van der Waals surface area contributed by atoms with Crippen molar-refractivity contribution in [2.24, 2.45) is 0 Å². The number of hydrogen-bond acceptors (Lipinski definition) is 4. The van der Waals surface area contributed by atoms with E-state index in [4.69, 9.17) is 4.74 Å². The van der Waals surface area contributed by atoms with E-state index in [2.05, 4.69) is 4.74 Å². The smallest absolute Gasteiger partial charge is 0.430 e. The van der Waals surface area contributed by atoms with Crippen LogP contribution < -0.4 is 0 Å². The molecule has 0 saturated carbocycles. The number of carbonyl (C=O) groups is 1. The molecule has 80 valence electrons. The Morgan fingerprint density at radius 2 is 2.13 bits per heavy atom. The average Bonchev–Trinajstić information content (AvgIpc) is 2.66. The maximum absolute atomic E-state index is 10.7. The summed E-state index contributed by atoms with van der Waals surface area (Å²) < 4.78 is 9.39. The number of aliphatic hydroxyl groups is 1. The number of cyclic esters (lactones) is 2. The van der Waals surface area contributed by atoms with Crippen molar-refractivity contribution in [3.8, 4) is 0 Å². The van der Waals surface area contributed by atoms with Gasteiger partial charge in [0.2, 0.25) is 0 Å². The predicted molar refractivity (Wildman–Crippen MR) is 52.4 cm³/mol. The van der Waals surface area contributed by atoms with Crippen LogP contribution in [-0.4, -0.2) is 30.1 Å². The molecule has 0 unspecified atom stereocenters. The summed E-state index contributed by atoms with van der Waals surface area (Å²) in [6, 6.07) is 9.55. The second-order valence-electron chi connectivity index (χ2n) is 3.47. The van der Waals surface area contributed by atoms with E-state index in [0.717, 1.165) is 5.56 Å². The summed E-state index contributed by atoms with van der Waals surface area (Å²) in [7, 11) is 0. The Balaban J connectivity index is 1.92. The van der Waals surface area contributed by atoms with E-state index >= 15 is 0 Å². The van der Waals surface area contributed by atoms with Crippen LogP contribution in [0.1, 0.15) is 5.56 Å². The zero-order valence-corrected chi connectivity index (χ0v) is 8.13. The van der Waals surface area contributed by atoms with E-state index in [1.54, 1.807) is 0 Å². The first-order valence-electron chi connectivity index (χ1n) is 4.81. The number of rotatable bonds is 3. The molecule has 2 atom stereocenters. The quantitative estimate of drug-likeness (QED) is 0.756. The molecule has 0 amide bonds. The molecule has 1 heterocycles. The van der Waals surface area contributed by atoms with Gasteiger partial charge in [-0.3, -0.25) is 0 Å². The van der Waals surface area contributed by atoms with E-state index in [1.165, 1.54) is 0 Å². The SMILES string of the molecule is O=C1OC[C@@H]([C@@H](O)Cc2ccccc2)O1. The van der Waals surface area contributed by atoms with Crippen LogP contribution >= 0.6 is 0 Å². The lowest BCUT2D eigenvalue weighted by Crippen LogP contribution is -2.30. The van der Waals surface area contributed by atoms with Crippen molar-refractivity contribution >= 4 is 6.16 Å². The monoisotopic (exact) mass is 208 g/mol. The third-order valence-corrected chi connectivity index (χ3v) is 2.33. The van der Waals surface area contributed by atoms with Crippen molar-refractivity contribution < 1.29 is 19.4 Å². The normalized spacial score (nSPS) is 21.9. The van der Waals surface area contributed by atoms with Crippen LogP contribution in [0.5, 0.6) is 0 Å². The van der Waals surface area contributed by atoms with Crippen molar-refractivity contribution in [2.45, 2.75) is 18.6 Å². The lowest BCUT2D eigenvalue weighted by molar-refractivity contribution is 0.0331. The molecule has 1 aromatic carbocycles. The highest BCUT2D eigenvalue weighted by Crippen LogP contribution is 2.14. The zero-order valence-electron chi connectivity index (χ0n) is 8.13. The summed E-state index contributed by atoms with van der Waals surface area (Å²) in [5.41, 5.74) is 1.01. The zero-order chi connectivity index (χ0) is 10.7. The van der Waals surface area contributed by atoms with Gasteiger partial charge in [0.25, 0.3) is 0 Å². The molecule has 0 spiro atoms. The average molecular weight is 208 g/mol. The number of ether oxygens (including phenoxy) is 2. The molecule has 4 nitrogen and oxygen atoms in total. The lowest BCUT2D eigenvalue weighted by atomic mass is 10.0. The summed E-state index contributed by atoms with van der Waals surface area (Å²) >= 11 is 0. The Bertz CT molecular complexity index is 336. The molecular weight excluding hydrogens is 196 g/mol. The Labute approximate surface area is 87.4 Å². The van der Waals surface area contributed by atoms with Gasteiger partial charge in [0.05, 0.1) is 6.10 Å². The summed E-state index contributed by atoms with van der Waals surface area (Å²) in [5.74, 6) is 0. The van der Waals surface area contributed by atoms with Gasteiger partial charge in [-0.25, -0.2) is 4.79 Å². The van der Waals surface area contributed by atoms with E-state index in [9.17, 15) is 9.90 Å². The van der Waals surface area contributed by atoms with E-state index in [0.29, 0.717) is 6.42 Å². The van der Waals surface area contributed by atoms with E-state index < -0.39 is 18.4 Å². The van der Waals surface area contributed by atoms with Crippen LogP contribution in [0.4, 0.5) is 4.79 Å². The molecular formula is C11H12O4. The van der Waals surface area contributed by atoms with Crippen LogP contribution in [-0.2, 0) is 15.9 Å². The van der Waals surface area contributed by atoms with E-state index in [-0.39, 0.29) is 6.61 Å². The van der Waals surface area contributed by atoms with Crippen molar-refractivity contribution in [3.63, 3.8) is 0 Å². The van der Waals surface area contributed by atoms with Crippen molar-refractivity contribution in [1.29, 1.82) is 0 Å². The van der Waals surface area contributed by atoms with Gasteiger partial charge in [0, 0.05) is 6.42 Å². The highest BCUT2D eigenvalue weighted by molar-refractivity contribution is 5.61. The minimum absolute atomic E-state index is 0.132. The first-order valence-corrected chi connectivity index (χ1v) is 4.81. The third kappa shape index (κ3) is 2.47. The fourth-order valence-electron chi connectivity index (χ4n) is 1.52. The summed E-state index contributed by atoms with van der Waals surface area (Å²) in [6.45, 7) is 0.132. The Morgan fingerprint density at radius 3 is 2.73 bits per heavy atom. The maximum Gasteiger partial charge on any atom is 0.508 e. The van der Waals surface area contributed by atoms with Gasteiger partial charge >= 0.3 is 6.16 Å². The first-order chi connectivity index (χ1) is 7.25.